The van der Waals surface area contributed by atoms with E-state index >= 15 is 0 Å². The van der Waals surface area contributed by atoms with Gasteiger partial charge in [0.05, 0.1) is 0 Å². The lowest BCUT2D eigenvalue weighted by atomic mass is 9.85. The van der Waals surface area contributed by atoms with Crippen LogP contribution in [0, 0.1) is 13.8 Å². The molecule has 0 fully saturated rings. The quantitative estimate of drug-likeness (QED) is 0.365. The van der Waals surface area contributed by atoms with Gasteiger partial charge in [0.2, 0.25) is 0 Å². The van der Waals surface area contributed by atoms with Gasteiger partial charge >= 0.3 is 0 Å². The molecule has 0 atom stereocenters. The molecule has 0 bridgehead atoms. The molecule has 1 heteroatoms. The Bertz CT molecular complexity index is 502. The second kappa shape index (κ2) is 12.4. The number of rotatable bonds is 13. The van der Waals surface area contributed by atoms with Crippen molar-refractivity contribution in [3.8, 4) is 5.75 Å². The first kappa shape index (κ1) is 22.1. The van der Waals surface area contributed by atoms with Gasteiger partial charge in [-0.15, -0.1) is 0 Å². The normalized spacial score (nSPS) is 11.2. The topological polar surface area (TPSA) is 20.2 Å². The molecule has 0 heterocycles. The third kappa shape index (κ3) is 6.68. The van der Waals surface area contributed by atoms with E-state index in [1.54, 1.807) is 5.56 Å². The molecule has 0 radical (unpaired) electrons. The minimum Gasteiger partial charge on any atom is -0.507 e. The van der Waals surface area contributed by atoms with E-state index in [2.05, 4.69) is 34.6 Å². The van der Waals surface area contributed by atoms with Crippen molar-refractivity contribution in [2.45, 2.75) is 118 Å². The molecule has 0 aliphatic rings. The highest BCUT2D eigenvalue weighted by molar-refractivity contribution is 5.54. The van der Waals surface area contributed by atoms with Crippen molar-refractivity contribution >= 4 is 0 Å². The van der Waals surface area contributed by atoms with Crippen LogP contribution in [0.2, 0.25) is 0 Å². The molecule has 0 aromatic heterocycles. The average Bonchev–Trinajstić information content (AvgIpc) is 2.61. The van der Waals surface area contributed by atoms with Gasteiger partial charge in [-0.2, -0.15) is 0 Å². The van der Waals surface area contributed by atoms with Crippen LogP contribution < -0.4 is 0 Å². The summed E-state index contributed by atoms with van der Waals surface area (Å²) in [6.07, 6.45) is 16.5. The summed E-state index contributed by atoms with van der Waals surface area (Å²) in [6.45, 7) is 11.0. The van der Waals surface area contributed by atoms with Crippen LogP contribution in [0.15, 0.2) is 0 Å². The molecular weight excluding hydrogens is 304 g/mol. The van der Waals surface area contributed by atoms with E-state index in [0.717, 1.165) is 18.4 Å². The van der Waals surface area contributed by atoms with Crippen LogP contribution in [0.5, 0.6) is 5.75 Å². The van der Waals surface area contributed by atoms with Crippen LogP contribution in [-0.4, -0.2) is 5.11 Å². The lowest BCUT2D eigenvalue weighted by Crippen LogP contribution is -2.06. The number of aromatic hydroxyl groups is 1. The average molecular weight is 347 g/mol. The molecule has 0 amide bonds. The summed E-state index contributed by atoms with van der Waals surface area (Å²) < 4.78 is 0. The minimum atomic E-state index is 0.568. The van der Waals surface area contributed by atoms with Gasteiger partial charge in [0.1, 0.15) is 5.75 Å². The van der Waals surface area contributed by atoms with E-state index < -0.39 is 0 Å². The summed E-state index contributed by atoms with van der Waals surface area (Å²) in [5.41, 5.74) is 6.71. The second-order valence-electron chi connectivity index (χ2n) is 7.72. The lowest BCUT2D eigenvalue weighted by Gasteiger charge is -2.21. The van der Waals surface area contributed by atoms with E-state index in [-0.39, 0.29) is 0 Å². The predicted molar refractivity (Wildman–Crippen MR) is 112 cm³/mol. The van der Waals surface area contributed by atoms with Crippen LogP contribution in [0.3, 0.4) is 0 Å². The van der Waals surface area contributed by atoms with Gasteiger partial charge in [-0.1, -0.05) is 72.1 Å². The standard InChI is InChI=1S/C24H42O/c1-6-9-11-13-15-17-22-19(4)20(5)24(25)21(8-3)23(22)18-16-14-12-10-7-2/h25H,6-18H2,1-5H3. The van der Waals surface area contributed by atoms with E-state index in [1.807, 2.05) is 0 Å². The zero-order valence-corrected chi connectivity index (χ0v) is 17.6. The van der Waals surface area contributed by atoms with Crippen LogP contribution in [0.1, 0.15) is 113 Å². The minimum absolute atomic E-state index is 0.568. The zero-order valence-electron chi connectivity index (χ0n) is 17.6. The number of benzene rings is 1. The first-order valence-corrected chi connectivity index (χ1v) is 10.9. The largest absolute Gasteiger partial charge is 0.507 e. The fraction of sp³-hybridized carbons (Fsp3) is 0.750. The van der Waals surface area contributed by atoms with Crippen molar-refractivity contribution in [2.75, 3.05) is 0 Å². The summed E-state index contributed by atoms with van der Waals surface area (Å²) in [6, 6.07) is 0. The van der Waals surface area contributed by atoms with Crippen molar-refractivity contribution in [3.05, 3.63) is 27.8 Å². The maximum Gasteiger partial charge on any atom is 0.122 e. The third-order valence-electron chi connectivity index (χ3n) is 5.80. The molecule has 0 saturated heterocycles. The summed E-state index contributed by atoms with van der Waals surface area (Å²) in [7, 11) is 0. The summed E-state index contributed by atoms with van der Waals surface area (Å²) in [5.74, 6) is 0.568. The molecule has 1 aromatic rings. The molecule has 1 nitrogen and oxygen atoms in total. The Balaban J connectivity index is 2.91. The number of hydrogen-bond donors (Lipinski definition) is 1. The Labute approximate surface area is 157 Å². The molecule has 1 N–H and O–H groups in total. The number of phenols is 1. The van der Waals surface area contributed by atoms with Crippen LogP contribution in [0.4, 0.5) is 0 Å². The van der Waals surface area contributed by atoms with Crippen molar-refractivity contribution < 1.29 is 5.11 Å². The Morgan fingerprint density at radius 3 is 1.52 bits per heavy atom. The van der Waals surface area contributed by atoms with Gasteiger partial charge in [0.15, 0.2) is 0 Å². The highest BCUT2D eigenvalue weighted by Crippen LogP contribution is 2.35. The first-order valence-electron chi connectivity index (χ1n) is 10.9. The number of unbranched alkanes of at least 4 members (excludes halogenated alkanes) is 8. The summed E-state index contributed by atoms with van der Waals surface area (Å²) in [5, 5.41) is 10.7. The van der Waals surface area contributed by atoms with Crippen molar-refractivity contribution in [1.82, 2.24) is 0 Å². The molecule has 0 saturated carbocycles. The molecular formula is C24H42O. The van der Waals surface area contributed by atoms with Gasteiger partial charge in [-0.25, -0.2) is 0 Å². The van der Waals surface area contributed by atoms with Crippen LogP contribution >= 0.6 is 0 Å². The fourth-order valence-electron chi connectivity index (χ4n) is 4.01. The highest BCUT2D eigenvalue weighted by Gasteiger charge is 2.17. The lowest BCUT2D eigenvalue weighted by molar-refractivity contribution is 0.461. The van der Waals surface area contributed by atoms with Gasteiger partial charge < -0.3 is 5.11 Å². The Morgan fingerprint density at radius 2 is 1.04 bits per heavy atom. The smallest absolute Gasteiger partial charge is 0.122 e. The molecule has 25 heavy (non-hydrogen) atoms. The molecule has 0 aliphatic heterocycles. The van der Waals surface area contributed by atoms with Gasteiger partial charge in [-0.05, 0) is 73.8 Å². The highest BCUT2D eigenvalue weighted by atomic mass is 16.3. The van der Waals surface area contributed by atoms with Gasteiger partial charge in [-0.3, -0.25) is 0 Å². The van der Waals surface area contributed by atoms with Crippen LogP contribution in [0.25, 0.3) is 0 Å². The monoisotopic (exact) mass is 346 g/mol. The fourth-order valence-corrected chi connectivity index (χ4v) is 4.01. The van der Waals surface area contributed by atoms with E-state index in [4.69, 9.17) is 0 Å². The third-order valence-corrected chi connectivity index (χ3v) is 5.80. The van der Waals surface area contributed by atoms with Crippen molar-refractivity contribution in [3.63, 3.8) is 0 Å². The Kier molecular flexibility index (Phi) is 10.9. The van der Waals surface area contributed by atoms with Crippen molar-refractivity contribution in [2.24, 2.45) is 0 Å². The molecule has 0 unspecified atom stereocenters. The molecule has 1 aromatic carbocycles. The number of hydrogen-bond acceptors (Lipinski definition) is 1. The molecule has 1 rings (SSSR count). The first-order chi connectivity index (χ1) is 12.1. The molecule has 0 aliphatic carbocycles. The zero-order chi connectivity index (χ0) is 18.7. The maximum atomic E-state index is 10.7. The molecule has 0 spiro atoms. The van der Waals surface area contributed by atoms with Gasteiger partial charge in [0.25, 0.3) is 0 Å². The predicted octanol–water partition coefficient (Wildman–Crippen LogP) is 7.60. The SMILES string of the molecule is CCCCCCCc1c(C)c(C)c(O)c(CC)c1CCCCCCC. The van der Waals surface area contributed by atoms with Gasteiger partial charge in [0, 0.05) is 0 Å². The Hall–Kier alpha value is -0.980. The maximum absolute atomic E-state index is 10.7. The van der Waals surface area contributed by atoms with Crippen LogP contribution in [-0.2, 0) is 19.3 Å². The Morgan fingerprint density at radius 1 is 0.560 bits per heavy atom. The van der Waals surface area contributed by atoms with E-state index in [1.165, 1.54) is 87.3 Å². The summed E-state index contributed by atoms with van der Waals surface area (Å²) in [4.78, 5) is 0. The molecule has 144 valence electrons. The summed E-state index contributed by atoms with van der Waals surface area (Å²) >= 11 is 0. The van der Waals surface area contributed by atoms with E-state index in [0.29, 0.717) is 5.75 Å². The van der Waals surface area contributed by atoms with E-state index in [9.17, 15) is 5.11 Å². The van der Waals surface area contributed by atoms with Crippen molar-refractivity contribution in [1.29, 1.82) is 0 Å². The number of phenolic OH excluding ortho intramolecular Hbond substituents is 1. The second-order valence-corrected chi connectivity index (χ2v) is 7.72.